The lowest BCUT2D eigenvalue weighted by atomic mass is 10.3. The molecule has 0 N–H and O–H groups in total. The van der Waals surface area contributed by atoms with Gasteiger partial charge in [-0.05, 0) is 22.9 Å². The van der Waals surface area contributed by atoms with Crippen molar-refractivity contribution in [3.05, 3.63) is 53.2 Å². The van der Waals surface area contributed by atoms with E-state index in [9.17, 15) is 0 Å². The largest absolute Gasteiger partial charge is 0.248 e. The van der Waals surface area contributed by atoms with Crippen molar-refractivity contribution in [1.82, 2.24) is 0 Å². The summed E-state index contributed by atoms with van der Waals surface area (Å²) in [6.07, 6.45) is 0. The maximum Gasteiger partial charge on any atom is 0.248 e. The molecule has 4 nitrogen and oxygen atoms in total. The van der Waals surface area contributed by atoms with Gasteiger partial charge in [0.1, 0.15) is 0 Å². The fraction of sp³-hybridized carbons (Fsp3) is 0. The summed E-state index contributed by atoms with van der Waals surface area (Å²) >= 11 is 5.45. The molecule has 0 atom stereocenters. The molecule has 0 aliphatic rings. The van der Waals surface area contributed by atoms with Crippen LogP contribution in [0.1, 0.15) is 0 Å². The molecule has 3 aromatic rings. The SMILES string of the molecule is [O-][Cl+3]([O-])([O-])[O-].c1csc(-c2cccc(-c3cccs3)[s+]2)c1. The monoisotopic (exact) mass is 360 g/mol. The number of hydrogen-bond acceptors (Lipinski definition) is 6. The second-order valence-corrected chi connectivity index (χ2v) is 7.42. The molecule has 110 valence electrons. The first kappa shape index (κ1) is 16.5. The molecule has 3 rings (SSSR count). The molecule has 8 heteroatoms. The third kappa shape index (κ3) is 5.77. The Morgan fingerprint density at radius 2 is 1.14 bits per heavy atom. The molecule has 0 aliphatic heterocycles. The number of hydrogen-bond donors (Lipinski definition) is 0. The van der Waals surface area contributed by atoms with Crippen molar-refractivity contribution in [1.29, 1.82) is 0 Å². The van der Waals surface area contributed by atoms with Crippen LogP contribution in [0, 0.1) is 10.2 Å². The van der Waals surface area contributed by atoms with Gasteiger partial charge in [0.2, 0.25) is 21.1 Å². The van der Waals surface area contributed by atoms with Crippen LogP contribution < -0.4 is 18.6 Å². The number of thiophene rings is 2. The summed E-state index contributed by atoms with van der Waals surface area (Å²) in [5.74, 6) is 0. The minimum atomic E-state index is -4.94. The Balaban J connectivity index is 0.000000282. The fourth-order valence-electron chi connectivity index (χ4n) is 1.51. The molecule has 0 spiro atoms. The molecule has 0 fully saturated rings. The van der Waals surface area contributed by atoms with Crippen molar-refractivity contribution in [2.75, 3.05) is 0 Å². The second-order valence-electron chi connectivity index (χ2n) is 3.69. The maximum atomic E-state index is 8.49. The lowest BCUT2D eigenvalue weighted by molar-refractivity contribution is -2.00. The Morgan fingerprint density at radius 3 is 1.48 bits per heavy atom. The van der Waals surface area contributed by atoms with Gasteiger partial charge in [0.15, 0.2) is 0 Å². The number of halogens is 1. The zero-order valence-corrected chi connectivity index (χ0v) is 13.6. The van der Waals surface area contributed by atoms with Crippen molar-refractivity contribution in [3.63, 3.8) is 0 Å². The normalized spacial score (nSPS) is 10.9. The third-order valence-electron chi connectivity index (χ3n) is 2.24. The smallest absolute Gasteiger partial charge is 0.222 e. The lowest BCUT2D eigenvalue weighted by Gasteiger charge is -2.17. The van der Waals surface area contributed by atoms with Gasteiger partial charge in [-0.3, -0.25) is 0 Å². The number of rotatable bonds is 2. The highest BCUT2D eigenvalue weighted by atomic mass is 35.7. The highest BCUT2D eigenvalue weighted by Crippen LogP contribution is 2.35. The van der Waals surface area contributed by atoms with E-state index in [2.05, 4.69) is 53.2 Å². The summed E-state index contributed by atoms with van der Waals surface area (Å²) in [6, 6.07) is 15.1. The van der Waals surface area contributed by atoms with E-state index in [1.54, 1.807) is 22.7 Å². The van der Waals surface area contributed by atoms with Crippen molar-refractivity contribution in [2.45, 2.75) is 0 Å². The van der Waals surface area contributed by atoms with Crippen molar-refractivity contribution >= 4 is 34.0 Å². The average molecular weight is 361 g/mol. The predicted octanol–water partition coefficient (Wildman–Crippen LogP) is 0.730. The molecular formula is C13H9ClO4S3. The first-order chi connectivity index (χ1) is 9.93. The third-order valence-corrected chi connectivity index (χ3v) is 5.46. The quantitative estimate of drug-likeness (QED) is 0.630. The Morgan fingerprint density at radius 1 is 0.714 bits per heavy atom. The van der Waals surface area contributed by atoms with Gasteiger partial charge < -0.3 is 0 Å². The summed E-state index contributed by atoms with van der Waals surface area (Å²) in [5, 5.41) is 4.25. The standard InChI is InChI=1S/C13H9S3.ClHO4/c1-4-12(10-6-2-8-14-10)16-13(5-1)11-7-3-9-15-11;2-1(3,4)5/h1-9H;(H,2,3,4,5)/q+1;/p-1. The van der Waals surface area contributed by atoms with Gasteiger partial charge in [-0.1, -0.05) is 18.2 Å². The highest BCUT2D eigenvalue weighted by molar-refractivity contribution is 7.25. The van der Waals surface area contributed by atoms with Gasteiger partial charge >= 0.3 is 0 Å². The van der Waals surface area contributed by atoms with Gasteiger partial charge in [0, 0.05) is 12.1 Å². The van der Waals surface area contributed by atoms with Crippen LogP contribution in [-0.4, -0.2) is 0 Å². The molecule has 21 heavy (non-hydrogen) atoms. The van der Waals surface area contributed by atoms with Gasteiger partial charge in [-0.15, -0.1) is 32.9 Å². The van der Waals surface area contributed by atoms with Crippen LogP contribution in [0.15, 0.2) is 53.2 Å². The topological polar surface area (TPSA) is 92.2 Å². The minimum absolute atomic E-state index is 1.35. The molecule has 0 saturated carbocycles. The van der Waals surface area contributed by atoms with E-state index in [-0.39, 0.29) is 0 Å². The average Bonchev–Trinajstić information content (AvgIpc) is 3.11. The summed E-state index contributed by atoms with van der Waals surface area (Å²) in [5.41, 5.74) is 0. The summed E-state index contributed by atoms with van der Waals surface area (Å²) in [4.78, 5) is 5.40. The van der Waals surface area contributed by atoms with Crippen LogP contribution in [0.2, 0.25) is 0 Å². The highest BCUT2D eigenvalue weighted by Gasteiger charge is 2.16. The molecule has 0 unspecified atom stereocenters. The van der Waals surface area contributed by atoms with E-state index in [4.69, 9.17) is 18.6 Å². The first-order valence-corrected chi connectivity index (χ1v) is 9.37. The molecule has 0 aromatic carbocycles. The van der Waals surface area contributed by atoms with Gasteiger partial charge in [0.25, 0.3) is 0 Å². The lowest BCUT2D eigenvalue weighted by Crippen LogP contribution is -2.68. The summed E-state index contributed by atoms with van der Waals surface area (Å²) in [6.45, 7) is 0. The molecule has 0 aliphatic carbocycles. The van der Waals surface area contributed by atoms with Gasteiger partial charge in [-0.2, -0.15) is 0 Å². The zero-order chi connectivity index (χ0) is 15.3. The van der Waals surface area contributed by atoms with E-state index >= 15 is 0 Å². The van der Waals surface area contributed by atoms with E-state index < -0.39 is 10.2 Å². The van der Waals surface area contributed by atoms with Crippen LogP contribution in [0.4, 0.5) is 0 Å². The minimum Gasteiger partial charge on any atom is -0.222 e. The first-order valence-electron chi connectivity index (χ1n) is 5.56. The Kier molecular flexibility index (Phi) is 5.80. The van der Waals surface area contributed by atoms with Crippen LogP contribution >= 0.6 is 34.0 Å². The van der Waals surface area contributed by atoms with E-state index in [1.807, 2.05) is 11.3 Å². The van der Waals surface area contributed by atoms with Crippen molar-refractivity contribution in [2.24, 2.45) is 0 Å². The second kappa shape index (κ2) is 7.39. The molecule has 0 bridgehead atoms. The molecule has 3 heterocycles. The molecule has 3 aromatic heterocycles. The Bertz CT molecular complexity index is 608. The fourth-order valence-corrected chi connectivity index (χ4v) is 4.21. The van der Waals surface area contributed by atoms with E-state index in [1.165, 1.54) is 19.5 Å². The van der Waals surface area contributed by atoms with Crippen LogP contribution in [-0.2, 0) is 0 Å². The summed E-state index contributed by atoms with van der Waals surface area (Å²) in [7, 11) is -4.94. The zero-order valence-electron chi connectivity index (χ0n) is 10.4. The molecule has 0 amide bonds. The van der Waals surface area contributed by atoms with E-state index in [0.717, 1.165) is 0 Å². The molecule has 0 saturated heterocycles. The Hall–Kier alpha value is -0.900. The van der Waals surface area contributed by atoms with Crippen molar-refractivity contribution < 1.29 is 28.9 Å². The predicted molar refractivity (Wildman–Crippen MR) is 75.4 cm³/mol. The van der Waals surface area contributed by atoms with Gasteiger partial charge in [-0.25, -0.2) is 18.6 Å². The van der Waals surface area contributed by atoms with E-state index in [0.29, 0.717) is 0 Å². The van der Waals surface area contributed by atoms with Crippen LogP contribution in [0.5, 0.6) is 0 Å². The molecule has 0 radical (unpaired) electrons. The molecular weight excluding hydrogens is 352 g/mol. The van der Waals surface area contributed by atoms with Crippen LogP contribution in [0.3, 0.4) is 0 Å². The maximum absolute atomic E-state index is 8.49. The van der Waals surface area contributed by atoms with Crippen molar-refractivity contribution in [3.8, 4) is 19.5 Å². The van der Waals surface area contributed by atoms with Crippen LogP contribution in [0.25, 0.3) is 19.5 Å². The van der Waals surface area contributed by atoms with Gasteiger partial charge in [0.05, 0.1) is 9.75 Å². The summed E-state index contributed by atoms with van der Waals surface area (Å²) < 4.78 is 34.0. The Labute approximate surface area is 135 Å².